The lowest BCUT2D eigenvalue weighted by Gasteiger charge is -2.04. The summed E-state index contributed by atoms with van der Waals surface area (Å²) < 4.78 is 0. The van der Waals surface area contributed by atoms with Crippen molar-refractivity contribution < 1.29 is 4.79 Å². The Labute approximate surface area is 134 Å². The second-order valence-electron chi connectivity index (χ2n) is 4.96. The summed E-state index contributed by atoms with van der Waals surface area (Å²) in [4.78, 5) is 12.9. The van der Waals surface area contributed by atoms with Crippen LogP contribution in [0, 0.1) is 0 Å². The van der Waals surface area contributed by atoms with Crippen molar-refractivity contribution in [3.8, 4) is 0 Å². The monoisotopic (exact) mass is 323 g/mol. The van der Waals surface area contributed by atoms with Crippen LogP contribution in [-0.4, -0.2) is 22.5 Å². The van der Waals surface area contributed by atoms with Crippen molar-refractivity contribution in [2.75, 3.05) is 0 Å². The molecule has 2 heterocycles. The third-order valence-corrected chi connectivity index (χ3v) is 5.17. The smallest absolute Gasteiger partial charge is 0.239 e. The van der Waals surface area contributed by atoms with Gasteiger partial charge in [-0.15, -0.1) is 16.4 Å². The third-order valence-electron chi connectivity index (χ3n) is 3.22. The Morgan fingerprint density at radius 2 is 2.19 bits per heavy atom. The highest BCUT2D eigenvalue weighted by Crippen LogP contribution is 2.24. The van der Waals surface area contributed by atoms with Gasteiger partial charge in [0, 0.05) is 4.88 Å². The molecular weight excluding hydrogens is 302 g/mol. The summed E-state index contributed by atoms with van der Waals surface area (Å²) in [6.07, 6.45) is 8.75. The second-order valence-corrected chi connectivity index (χ2v) is 7.13. The number of carbonyl (C=O) groups excluding carboxylic acids is 1. The number of amides is 1. The molecule has 0 unspecified atom stereocenters. The fraction of sp³-hybridized carbons (Fsp3) is 0.533. The summed E-state index contributed by atoms with van der Waals surface area (Å²) in [5.41, 5.74) is 0. The second kappa shape index (κ2) is 9.00. The van der Waals surface area contributed by atoms with Gasteiger partial charge in [-0.3, -0.25) is 4.79 Å². The number of nitrogens with one attached hydrogen (secondary N) is 1. The van der Waals surface area contributed by atoms with Crippen molar-refractivity contribution in [1.29, 1.82) is 0 Å². The summed E-state index contributed by atoms with van der Waals surface area (Å²) in [5, 5.41) is 13.5. The number of thiophene rings is 1. The van der Waals surface area contributed by atoms with E-state index in [1.165, 1.54) is 37.4 Å². The largest absolute Gasteiger partial charge is 0.303 e. The molecule has 0 saturated carbocycles. The van der Waals surface area contributed by atoms with Gasteiger partial charge in [0.15, 0.2) is 5.17 Å². The maximum atomic E-state index is 11.8. The molecule has 0 radical (unpaired) electrons. The Bertz CT molecular complexity index is 497. The van der Waals surface area contributed by atoms with Crippen LogP contribution in [-0.2, 0) is 4.79 Å². The number of carbonyl (C=O) groups is 1. The molecule has 1 aliphatic rings. The van der Waals surface area contributed by atoms with Crippen molar-refractivity contribution in [3.63, 3.8) is 0 Å². The van der Waals surface area contributed by atoms with Gasteiger partial charge >= 0.3 is 0 Å². The maximum Gasteiger partial charge on any atom is 0.239 e. The molecule has 0 spiro atoms. The highest BCUT2D eigenvalue weighted by atomic mass is 32.2. The van der Waals surface area contributed by atoms with Crippen LogP contribution >= 0.6 is 23.1 Å². The van der Waals surface area contributed by atoms with E-state index < -0.39 is 0 Å². The molecule has 1 atom stereocenters. The van der Waals surface area contributed by atoms with Crippen LogP contribution in [0.3, 0.4) is 0 Å². The van der Waals surface area contributed by atoms with E-state index in [2.05, 4.69) is 22.4 Å². The van der Waals surface area contributed by atoms with Crippen LogP contribution in [0.4, 0.5) is 0 Å². The molecule has 21 heavy (non-hydrogen) atoms. The first-order valence-corrected chi connectivity index (χ1v) is 9.17. The van der Waals surface area contributed by atoms with E-state index >= 15 is 0 Å². The molecule has 1 aromatic heterocycles. The Hall–Kier alpha value is -1.14. The average Bonchev–Trinajstić information content (AvgIpc) is 3.09. The number of unbranched alkanes of at least 4 members (excludes halogenated alkanes) is 4. The van der Waals surface area contributed by atoms with E-state index in [1.54, 1.807) is 17.6 Å². The van der Waals surface area contributed by atoms with Crippen molar-refractivity contribution >= 4 is 40.4 Å². The van der Waals surface area contributed by atoms with Crippen molar-refractivity contribution in [2.45, 2.75) is 50.7 Å². The Balaban J connectivity index is 1.74. The summed E-state index contributed by atoms with van der Waals surface area (Å²) in [7, 11) is 0. The number of amidine groups is 1. The van der Waals surface area contributed by atoms with Gasteiger partial charge < -0.3 is 5.32 Å². The van der Waals surface area contributed by atoms with E-state index in [9.17, 15) is 4.79 Å². The predicted molar refractivity (Wildman–Crippen MR) is 92.2 cm³/mol. The molecule has 0 aliphatic carbocycles. The minimum Gasteiger partial charge on any atom is -0.303 e. The van der Waals surface area contributed by atoms with E-state index in [1.807, 2.05) is 17.5 Å². The Morgan fingerprint density at radius 3 is 2.95 bits per heavy atom. The normalized spacial score (nSPS) is 20.5. The van der Waals surface area contributed by atoms with Crippen LogP contribution in [0.25, 0.3) is 0 Å². The molecule has 0 aromatic carbocycles. The number of hydrogen-bond donors (Lipinski definition) is 1. The van der Waals surface area contributed by atoms with Crippen LogP contribution < -0.4 is 5.32 Å². The molecule has 6 heteroatoms. The lowest BCUT2D eigenvalue weighted by Crippen LogP contribution is -2.24. The van der Waals surface area contributed by atoms with Gasteiger partial charge in [-0.25, -0.2) is 0 Å². The topological polar surface area (TPSA) is 53.8 Å². The molecule has 1 saturated heterocycles. The number of nitrogens with zero attached hydrogens (tertiary/aromatic N) is 2. The predicted octanol–water partition coefficient (Wildman–Crippen LogP) is 4.03. The molecule has 1 amide bonds. The average molecular weight is 323 g/mol. The van der Waals surface area contributed by atoms with Crippen LogP contribution in [0.2, 0.25) is 0 Å². The fourth-order valence-corrected chi connectivity index (χ4v) is 3.63. The van der Waals surface area contributed by atoms with Gasteiger partial charge in [0.05, 0.1) is 11.5 Å². The zero-order chi connectivity index (χ0) is 14.9. The summed E-state index contributed by atoms with van der Waals surface area (Å²) in [6.45, 7) is 2.21. The van der Waals surface area contributed by atoms with Crippen LogP contribution in [0.15, 0.2) is 27.7 Å². The van der Waals surface area contributed by atoms with E-state index in [-0.39, 0.29) is 11.2 Å². The summed E-state index contributed by atoms with van der Waals surface area (Å²) in [6, 6.07) is 3.95. The van der Waals surface area contributed by atoms with Gasteiger partial charge in [0.2, 0.25) is 5.91 Å². The van der Waals surface area contributed by atoms with Crippen molar-refractivity contribution in [1.82, 2.24) is 5.32 Å². The molecule has 4 nitrogen and oxygen atoms in total. The number of hydrogen-bond acceptors (Lipinski definition) is 5. The molecular formula is C15H21N3OS2. The van der Waals surface area contributed by atoms with Gasteiger partial charge in [-0.05, 0) is 17.9 Å². The molecule has 114 valence electrons. The van der Waals surface area contributed by atoms with Crippen LogP contribution in [0.1, 0.15) is 50.3 Å². The SMILES string of the molecule is CCCCCCC[C@H]1S/C(=N\N=C/c2cccs2)NC1=O. The molecule has 1 aliphatic heterocycles. The van der Waals surface area contributed by atoms with Gasteiger partial charge in [-0.1, -0.05) is 56.9 Å². The summed E-state index contributed by atoms with van der Waals surface area (Å²) in [5.74, 6) is 0.0700. The lowest BCUT2D eigenvalue weighted by molar-refractivity contribution is -0.118. The first kappa shape index (κ1) is 16.2. The lowest BCUT2D eigenvalue weighted by atomic mass is 10.1. The third kappa shape index (κ3) is 5.63. The number of thioether (sulfide) groups is 1. The molecule has 1 fully saturated rings. The van der Waals surface area contributed by atoms with E-state index in [0.29, 0.717) is 5.17 Å². The van der Waals surface area contributed by atoms with Crippen molar-refractivity contribution in [3.05, 3.63) is 22.4 Å². The van der Waals surface area contributed by atoms with Gasteiger partial charge in [0.25, 0.3) is 0 Å². The zero-order valence-corrected chi connectivity index (χ0v) is 13.9. The van der Waals surface area contributed by atoms with Gasteiger partial charge in [-0.2, -0.15) is 5.10 Å². The summed E-state index contributed by atoms with van der Waals surface area (Å²) >= 11 is 3.11. The highest BCUT2D eigenvalue weighted by molar-refractivity contribution is 8.15. The molecule has 1 N–H and O–H groups in total. The first-order chi connectivity index (χ1) is 10.3. The minimum absolute atomic E-state index is 0.00214. The van der Waals surface area contributed by atoms with E-state index in [4.69, 9.17) is 0 Å². The Kier molecular flexibility index (Phi) is 6.95. The van der Waals surface area contributed by atoms with Crippen molar-refractivity contribution in [2.24, 2.45) is 10.2 Å². The highest BCUT2D eigenvalue weighted by Gasteiger charge is 2.29. The Morgan fingerprint density at radius 1 is 1.33 bits per heavy atom. The zero-order valence-electron chi connectivity index (χ0n) is 12.2. The van der Waals surface area contributed by atoms with Crippen LogP contribution in [0.5, 0.6) is 0 Å². The minimum atomic E-state index is 0.00214. The van der Waals surface area contributed by atoms with Gasteiger partial charge in [0.1, 0.15) is 0 Å². The molecule has 0 bridgehead atoms. The first-order valence-electron chi connectivity index (χ1n) is 7.41. The number of rotatable bonds is 8. The fourth-order valence-electron chi connectivity index (χ4n) is 2.08. The van der Waals surface area contributed by atoms with E-state index in [0.717, 1.165) is 17.7 Å². The standard InChI is InChI=1S/C15H21N3OS2/c1-2-3-4-5-6-9-13-14(19)17-15(21-13)18-16-11-12-8-7-10-20-12/h7-8,10-11,13H,2-6,9H2,1H3,(H,17,18,19)/b16-11-/t13-/m1/s1. The maximum absolute atomic E-state index is 11.8. The molecule has 2 rings (SSSR count). The molecule has 1 aromatic rings. The quantitative estimate of drug-likeness (QED) is 0.446.